The Bertz CT molecular complexity index is 469. The van der Waals surface area contributed by atoms with Crippen LogP contribution in [0.5, 0.6) is 0 Å². The van der Waals surface area contributed by atoms with Gasteiger partial charge in [-0.2, -0.15) is 0 Å². The number of benzene rings is 1. The highest BCUT2D eigenvalue weighted by Gasteiger charge is 2.44. The van der Waals surface area contributed by atoms with Gasteiger partial charge in [0, 0.05) is 19.6 Å². The van der Waals surface area contributed by atoms with Gasteiger partial charge < -0.3 is 5.11 Å². The first-order valence-corrected chi connectivity index (χ1v) is 7.18. The highest BCUT2D eigenvalue weighted by Crippen LogP contribution is 2.45. The number of carboxylic acid groups (broad SMARTS) is 1. The van der Waals surface area contributed by atoms with Gasteiger partial charge in [-0.15, -0.1) is 0 Å². The van der Waals surface area contributed by atoms with Crippen molar-refractivity contribution in [2.45, 2.75) is 38.6 Å². The van der Waals surface area contributed by atoms with Crippen molar-refractivity contribution in [3.8, 4) is 0 Å². The second kappa shape index (κ2) is 4.97. The fourth-order valence-electron chi connectivity index (χ4n) is 3.74. The largest absolute Gasteiger partial charge is 0.481 e. The lowest BCUT2D eigenvalue weighted by atomic mass is 9.78. The summed E-state index contributed by atoms with van der Waals surface area (Å²) >= 11 is 0. The predicted octanol–water partition coefficient (Wildman–Crippen LogP) is 2.69. The third-order valence-corrected chi connectivity index (χ3v) is 4.64. The van der Waals surface area contributed by atoms with Crippen LogP contribution in [0.1, 0.15) is 36.8 Å². The lowest BCUT2D eigenvalue weighted by Gasteiger charge is -2.48. The molecule has 1 aliphatic carbocycles. The molecule has 1 aromatic rings. The van der Waals surface area contributed by atoms with Gasteiger partial charge >= 0.3 is 5.97 Å². The van der Waals surface area contributed by atoms with E-state index < -0.39 is 5.97 Å². The topological polar surface area (TPSA) is 40.5 Å². The molecule has 3 nitrogen and oxygen atoms in total. The SMILES string of the molecule is O=C(O)Cc1ccccc1CN1CC2(CCCC2)C1. The molecule has 0 unspecified atom stereocenters. The number of hydrogen-bond acceptors (Lipinski definition) is 2. The molecule has 1 saturated heterocycles. The third kappa shape index (κ3) is 2.66. The first-order valence-electron chi connectivity index (χ1n) is 7.18. The zero-order chi connectivity index (χ0) is 13.3. The average Bonchev–Trinajstić information content (AvgIpc) is 2.79. The van der Waals surface area contributed by atoms with E-state index in [1.54, 1.807) is 0 Å². The molecule has 0 amide bonds. The van der Waals surface area contributed by atoms with Crippen molar-refractivity contribution >= 4 is 5.97 Å². The fraction of sp³-hybridized carbons (Fsp3) is 0.562. The lowest BCUT2D eigenvalue weighted by Crippen LogP contribution is -2.54. The van der Waals surface area contributed by atoms with E-state index in [1.165, 1.54) is 44.3 Å². The molecule has 1 heterocycles. The smallest absolute Gasteiger partial charge is 0.307 e. The monoisotopic (exact) mass is 259 g/mol. The Balaban J connectivity index is 1.63. The highest BCUT2D eigenvalue weighted by molar-refractivity contribution is 5.70. The van der Waals surface area contributed by atoms with Crippen molar-refractivity contribution in [1.29, 1.82) is 0 Å². The molecule has 1 saturated carbocycles. The minimum absolute atomic E-state index is 0.134. The van der Waals surface area contributed by atoms with Gasteiger partial charge in [0.25, 0.3) is 0 Å². The van der Waals surface area contributed by atoms with Gasteiger partial charge in [-0.05, 0) is 29.4 Å². The van der Waals surface area contributed by atoms with Crippen LogP contribution in [-0.4, -0.2) is 29.1 Å². The summed E-state index contributed by atoms with van der Waals surface area (Å²) in [4.78, 5) is 13.3. The number of rotatable bonds is 4. The van der Waals surface area contributed by atoms with Crippen LogP contribution in [0.4, 0.5) is 0 Å². The van der Waals surface area contributed by atoms with Gasteiger partial charge in [-0.3, -0.25) is 9.69 Å². The Labute approximate surface area is 114 Å². The number of nitrogens with zero attached hydrogens (tertiary/aromatic N) is 1. The summed E-state index contributed by atoms with van der Waals surface area (Å²) < 4.78 is 0. The summed E-state index contributed by atoms with van der Waals surface area (Å²) in [6.07, 6.45) is 5.70. The summed E-state index contributed by atoms with van der Waals surface area (Å²) in [5.41, 5.74) is 2.75. The van der Waals surface area contributed by atoms with Crippen LogP contribution in [-0.2, 0) is 17.8 Å². The zero-order valence-corrected chi connectivity index (χ0v) is 11.3. The van der Waals surface area contributed by atoms with Crippen LogP contribution in [0.3, 0.4) is 0 Å². The van der Waals surface area contributed by atoms with Gasteiger partial charge in [0.05, 0.1) is 6.42 Å². The van der Waals surface area contributed by atoms with E-state index >= 15 is 0 Å². The van der Waals surface area contributed by atoms with Crippen LogP contribution in [0.2, 0.25) is 0 Å². The minimum atomic E-state index is -0.747. The van der Waals surface area contributed by atoms with Crippen molar-refractivity contribution in [1.82, 2.24) is 4.90 Å². The number of aliphatic carboxylic acids is 1. The first-order chi connectivity index (χ1) is 9.17. The molecule has 2 fully saturated rings. The Hall–Kier alpha value is -1.35. The molecule has 1 aromatic carbocycles. The molecule has 3 heteroatoms. The molecule has 0 aromatic heterocycles. The predicted molar refractivity (Wildman–Crippen MR) is 74.0 cm³/mol. The van der Waals surface area contributed by atoms with Crippen molar-refractivity contribution < 1.29 is 9.90 Å². The summed E-state index contributed by atoms with van der Waals surface area (Å²) in [6, 6.07) is 7.94. The molecule has 0 bridgehead atoms. The van der Waals surface area contributed by atoms with Gasteiger partial charge in [0.1, 0.15) is 0 Å². The Morgan fingerprint density at radius 2 is 1.79 bits per heavy atom. The summed E-state index contributed by atoms with van der Waals surface area (Å²) in [5, 5.41) is 8.95. The van der Waals surface area contributed by atoms with E-state index in [4.69, 9.17) is 5.11 Å². The number of carboxylic acids is 1. The van der Waals surface area contributed by atoms with Crippen LogP contribution < -0.4 is 0 Å². The quantitative estimate of drug-likeness (QED) is 0.903. The Kier molecular flexibility index (Phi) is 3.31. The van der Waals surface area contributed by atoms with E-state index in [0.717, 1.165) is 12.1 Å². The Morgan fingerprint density at radius 1 is 1.16 bits per heavy atom. The van der Waals surface area contributed by atoms with E-state index in [9.17, 15) is 4.79 Å². The molecule has 102 valence electrons. The number of hydrogen-bond donors (Lipinski definition) is 1. The highest BCUT2D eigenvalue weighted by atomic mass is 16.4. The second-order valence-corrected chi connectivity index (χ2v) is 6.19. The molecule has 1 spiro atoms. The van der Waals surface area contributed by atoms with Crippen LogP contribution in [0.25, 0.3) is 0 Å². The van der Waals surface area contributed by atoms with Gasteiger partial charge in [0.15, 0.2) is 0 Å². The lowest BCUT2D eigenvalue weighted by molar-refractivity contribution is -0.136. The molecule has 19 heavy (non-hydrogen) atoms. The normalized spacial score (nSPS) is 21.5. The van der Waals surface area contributed by atoms with E-state index in [1.807, 2.05) is 18.2 Å². The first kappa shape index (κ1) is 12.7. The van der Waals surface area contributed by atoms with Gasteiger partial charge in [-0.1, -0.05) is 37.1 Å². The molecule has 1 N–H and O–H groups in total. The summed E-state index contributed by atoms with van der Waals surface area (Å²) in [5.74, 6) is -0.747. The van der Waals surface area contributed by atoms with E-state index in [0.29, 0.717) is 5.41 Å². The second-order valence-electron chi connectivity index (χ2n) is 6.19. The maximum absolute atomic E-state index is 10.9. The maximum Gasteiger partial charge on any atom is 0.307 e. The molecule has 1 aliphatic heterocycles. The van der Waals surface area contributed by atoms with E-state index in [-0.39, 0.29) is 6.42 Å². The van der Waals surface area contributed by atoms with E-state index in [2.05, 4.69) is 11.0 Å². The number of carbonyl (C=O) groups is 1. The molecule has 2 aliphatic rings. The molecule has 3 rings (SSSR count). The molecule has 0 radical (unpaired) electrons. The molecule has 0 atom stereocenters. The standard InChI is InChI=1S/C16H21NO2/c18-15(19)9-13-5-1-2-6-14(13)10-17-11-16(12-17)7-3-4-8-16/h1-2,5-6H,3-4,7-12H2,(H,18,19). The van der Waals surface area contributed by atoms with Crippen molar-refractivity contribution in [3.63, 3.8) is 0 Å². The van der Waals surface area contributed by atoms with Crippen LogP contribution >= 0.6 is 0 Å². The van der Waals surface area contributed by atoms with Crippen LogP contribution in [0.15, 0.2) is 24.3 Å². The van der Waals surface area contributed by atoms with Crippen molar-refractivity contribution in [2.24, 2.45) is 5.41 Å². The maximum atomic E-state index is 10.9. The number of likely N-dealkylation sites (tertiary alicyclic amines) is 1. The molecular formula is C16H21NO2. The average molecular weight is 259 g/mol. The minimum Gasteiger partial charge on any atom is -0.481 e. The Morgan fingerprint density at radius 3 is 2.42 bits per heavy atom. The van der Waals surface area contributed by atoms with Crippen molar-refractivity contribution in [3.05, 3.63) is 35.4 Å². The van der Waals surface area contributed by atoms with Crippen molar-refractivity contribution in [2.75, 3.05) is 13.1 Å². The van der Waals surface area contributed by atoms with Gasteiger partial charge in [-0.25, -0.2) is 0 Å². The fourth-order valence-corrected chi connectivity index (χ4v) is 3.74. The zero-order valence-electron chi connectivity index (χ0n) is 11.3. The summed E-state index contributed by atoms with van der Waals surface area (Å²) in [7, 11) is 0. The molecular weight excluding hydrogens is 238 g/mol. The summed E-state index contributed by atoms with van der Waals surface area (Å²) in [6.45, 7) is 3.31. The third-order valence-electron chi connectivity index (χ3n) is 4.64. The van der Waals surface area contributed by atoms with Crippen LogP contribution in [0, 0.1) is 5.41 Å². The van der Waals surface area contributed by atoms with Gasteiger partial charge in [0.2, 0.25) is 0 Å².